The van der Waals surface area contributed by atoms with E-state index in [0.717, 1.165) is 0 Å². The largest absolute Gasteiger partial charge is 0.290 e. The lowest BCUT2D eigenvalue weighted by Gasteiger charge is -2.04. The van der Waals surface area contributed by atoms with Crippen molar-refractivity contribution in [2.45, 2.75) is 0 Å². The minimum absolute atomic E-state index is 0.185. The predicted octanol–water partition coefficient (Wildman–Crippen LogP) is 2.95. The number of carbonyl (C=O) groups is 3. The summed E-state index contributed by atoms with van der Waals surface area (Å²) < 4.78 is 0. The first-order valence-electron chi connectivity index (χ1n) is 8.01. The molecule has 0 heterocycles. The van der Waals surface area contributed by atoms with Crippen molar-refractivity contribution in [3.8, 4) is 0 Å². The van der Waals surface area contributed by atoms with Gasteiger partial charge in [0.2, 0.25) is 0 Å². The Balaban J connectivity index is 0.000000455. The molecule has 0 radical (unpaired) electrons. The lowest BCUT2D eigenvalue weighted by molar-refractivity contribution is -0.119. The van der Waals surface area contributed by atoms with Crippen molar-refractivity contribution in [2.75, 3.05) is 11.8 Å². The fraction of sp³-hybridized carbons (Fsp3) is 0.105. The molecular weight excluding hydrogens is 439 g/mol. The van der Waals surface area contributed by atoms with Crippen LogP contribution in [0.3, 0.4) is 0 Å². The highest BCUT2D eigenvalue weighted by Crippen LogP contribution is 1.97. The summed E-state index contributed by atoms with van der Waals surface area (Å²) in [5.74, 6) is 3.99. The van der Waals surface area contributed by atoms with Crippen LogP contribution in [0.5, 0.6) is 0 Å². The summed E-state index contributed by atoms with van der Waals surface area (Å²) in [6.07, 6.45) is 0. The quantitative estimate of drug-likeness (QED) is 0.244. The normalized spacial score (nSPS) is 8.83. The lowest BCUT2D eigenvalue weighted by Crippen LogP contribution is -2.42. The van der Waals surface area contributed by atoms with E-state index in [2.05, 4.69) is 17.4 Å². The molecule has 2 aromatic rings. The van der Waals surface area contributed by atoms with E-state index in [1.165, 1.54) is 0 Å². The number of benzene rings is 2. The van der Waals surface area contributed by atoms with Gasteiger partial charge in [0.25, 0.3) is 17.7 Å². The fourth-order valence-corrected chi connectivity index (χ4v) is 1.56. The average molecular weight is 460 g/mol. The Labute approximate surface area is 184 Å². The van der Waals surface area contributed by atoms with Gasteiger partial charge >= 0.3 is 0 Å². The van der Waals surface area contributed by atoms with E-state index >= 15 is 0 Å². The SMILES string of the molecule is C=C(Cl)CCl.NNC(=O)c1ccccc1.O=C(CCl)NNC(=O)c1ccccc1. The van der Waals surface area contributed by atoms with Crippen LogP contribution in [0.2, 0.25) is 0 Å². The number of hydrogen-bond donors (Lipinski definition) is 4. The van der Waals surface area contributed by atoms with Gasteiger partial charge in [-0.2, -0.15) is 0 Å². The number of nitrogen functional groups attached to an aromatic ring is 1. The molecule has 0 aliphatic rings. The molecule has 2 aromatic carbocycles. The third-order valence-corrected chi connectivity index (χ3v) is 3.62. The molecule has 0 spiro atoms. The number of amides is 3. The Bertz CT molecular complexity index is 775. The van der Waals surface area contributed by atoms with Gasteiger partial charge in [-0.3, -0.25) is 30.7 Å². The second-order valence-electron chi connectivity index (χ2n) is 4.99. The van der Waals surface area contributed by atoms with E-state index in [1.54, 1.807) is 54.6 Å². The number of allylic oxidation sites excluding steroid dienone is 1. The summed E-state index contributed by atoms with van der Waals surface area (Å²) in [5, 5.41) is 0.492. The van der Waals surface area contributed by atoms with Crippen LogP contribution in [0.1, 0.15) is 20.7 Å². The standard InChI is InChI=1S/C9H9ClN2O2.C7H8N2O.C3H4Cl2/c10-6-8(13)11-12-9(14)7-4-2-1-3-5-7;8-9-7(10)6-4-2-1-3-5-6;1-3(5)2-4/h1-5H,6H2,(H,11,13)(H,12,14);1-5H,8H2,(H,9,10);1-2H2. The van der Waals surface area contributed by atoms with E-state index in [1.807, 2.05) is 11.5 Å². The Morgan fingerprint density at radius 3 is 1.55 bits per heavy atom. The molecule has 0 unspecified atom stereocenters. The third-order valence-electron chi connectivity index (χ3n) is 2.78. The molecule has 5 N–H and O–H groups in total. The van der Waals surface area contributed by atoms with Crippen molar-refractivity contribution in [2.24, 2.45) is 5.84 Å². The van der Waals surface area contributed by atoms with Crippen molar-refractivity contribution in [1.82, 2.24) is 16.3 Å². The first-order valence-corrected chi connectivity index (χ1v) is 9.45. The Kier molecular flexibility index (Phi) is 14.9. The molecule has 7 nitrogen and oxygen atoms in total. The number of hydrogen-bond acceptors (Lipinski definition) is 4. The second-order valence-corrected chi connectivity index (χ2v) is 6.06. The molecule has 0 fully saturated rings. The molecular formula is C19H21Cl3N4O3. The Morgan fingerprint density at radius 2 is 1.21 bits per heavy atom. The van der Waals surface area contributed by atoms with Gasteiger partial charge in [0.15, 0.2) is 0 Å². The number of hydrazine groups is 2. The lowest BCUT2D eigenvalue weighted by atomic mass is 10.2. The molecule has 0 saturated carbocycles. The monoisotopic (exact) mass is 458 g/mol. The van der Waals surface area contributed by atoms with E-state index in [-0.39, 0.29) is 17.7 Å². The smallest absolute Gasteiger partial charge is 0.269 e. The van der Waals surface area contributed by atoms with Crippen LogP contribution in [-0.4, -0.2) is 29.5 Å². The predicted molar refractivity (Wildman–Crippen MR) is 117 cm³/mol. The highest BCUT2D eigenvalue weighted by molar-refractivity contribution is 6.35. The van der Waals surface area contributed by atoms with Gasteiger partial charge in [-0.15, -0.1) is 23.2 Å². The summed E-state index contributed by atoms with van der Waals surface area (Å²) in [4.78, 5) is 32.8. The van der Waals surface area contributed by atoms with Gasteiger partial charge < -0.3 is 0 Å². The fourth-order valence-electron chi connectivity index (χ4n) is 1.49. The zero-order valence-electron chi connectivity index (χ0n) is 15.3. The van der Waals surface area contributed by atoms with E-state index < -0.39 is 5.91 Å². The van der Waals surface area contributed by atoms with Crippen molar-refractivity contribution in [3.63, 3.8) is 0 Å². The van der Waals surface area contributed by atoms with E-state index in [9.17, 15) is 14.4 Å². The maximum absolute atomic E-state index is 11.3. The van der Waals surface area contributed by atoms with E-state index in [4.69, 9.17) is 40.6 Å². The molecule has 0 aliphatic heterocycles. The summed E-state index contributed by atoms with van der Waals surface area (Å²) in [6, 6.07) is 17.3. The molecule has 0 saturated heterocycles. The van der Waals surface area contributed by atoms with Crippen molar-refractivity contribution in [3.05, 3.63) is 83.4 Å². The number of nitrogens with two attached hydrogens (primary N) is 1. The van der Waals surface area contributed by atoms with E-state index in [0.29, 0.717) is 22.0 Å². The zero-order valence-corrected chi connectivity index (χ0v) is 17.6. The molecule has 0 atom stereocenters. The maximum Gasteiger partial charge on any atom is 0.269 e. The molecule has 3 amide bonds. The number of nitrogens with one attached hydrogen (secondary N) is 3. The first-order chi connectivity index (χ1) is 13.8. The van der Waals surface area contributed by atoms with Crippen LogP contribution in [0, 0.1) is 0 Å². The summed E-state index contributed by atoms with van der Waals surface area (Å²) in [7, 11) is 0. The highest BCUT2D eigenvalue weighted by atomic mass is 35.5. The Morgan fingerprint density at radius 1 is 0.793 bits per heavy atom. The van der Waals surface area contributed by atoms with Crippen LogP contribution in [-0.2, 0) is 4.79 Å². The van der Waals surface area contributed by atoms with Crippen LogP contribution in [0.4, 0.5) is 0 Å². The summed E-state index contributed by atoms with van der Waals surface area (Å²) in [5.41, 5.74) is 7.48. The van der Waals surface area contributed by atoms with Gasteiger partial charge in [-0.05, 0) is 24.3 Å². The van der Waals surface area contributed by atoms with Crippen molar-refractivity contribution < 1.29 is 14.4 Å². The minimum Gasteiger partial charge on any atom is -0.290 e. The number of alkyl halides is 2. The molecule has 0 aliphatic carbocycles. The van der Waals surface area contributed by atoms with Gasteiger partial charge in [-0.1, -0.05) is 54.6 Å². The minimum atomic E-state index is -0.448. The molecule has 156 valence electrons. The van der Waals surface area contributed by atoms with Gasteiger partial charge in [0.1, 0.15) is 5.88 Å². The van der Waals surface area contributed by atoms with Gasteiger partial charge in [-0.25, -0.2) is 5.84 Å². The van der Waals surface area contributed by atoms with Crippen molar-refractivity contribution in [1.29, 1.82) is 0 Å². The van der Waals surface area contributed by atoms with Gasteiger partial charge in [0.05, 0.1) is 5.88 Å². The van der Waals surface area contributed by atoms with Crippen LogP contribution < -0.4 is 22.1 Å². The Hall–Kier alpha value is -2.58. The second kappa shape index (κ2) is 16.4. The summed E-state index contributed by atoms with van der Waals surface area (Å²) >= 11 is 15.5. The number of rotatable bonds is 4. The molecule has 2 rings (SSSR count). The average Bonchev–Trinajstić information content (AvgIpc) is 2.78. The molecule has 29 heavy (non-hydrogen) atoms. The summed E-state index contributed by atoms with van der Waals surface area (Å²) in [6.45, 7) is 3.31. The first kappa shape index (κ1) is 26.4. The maximum atomic E-state index is 11.3. The highest BCUT2D eigenvalue weighted by Gasteiger charge is 2.04. The number of carbonyl (C=O) groups excluding carboxylic acids is 3. The van der Waals surface area contributed by atoms with Crippen LogP contribution >= 0.6 is 34.8 Å². The molecule has 10 heteroatoms. The molecule has 0 aromatic heterocycles. The van der Waals surface area contributed by atoms with Crippen LogP contribution in [0.25, 0.3) is 0 Å². The topological polar surface area (TPSA) is 113 Å². The van der Waals surface area contributed by atoms with Gasteiger partial charge in [0, 0.05) is 16.2 Å². The third kappa shape index (κ3) is 13.3. The van der Waals surface area contributed by atoms with Crippen LogP contribution in [0.15, 0.2) is 72.3 Å². The van der Waals surface area contributed by atoms with Crippen molar-refractivity contribution >= 4 is 52.5 Å². The zero-order chi connectivity index (χ0) is 22.1. The number of halogens is 3. The molecule has 0 bridgehead atoms.